The number of aromatic nitrogens is 3. The lowest BCUT2D eigenvalue weighted by atomic mass is 9.90. The Labute approximate surface area is 153 Å². The van der Waals surface area contributed by atoms with Gasteiger partial charge < -0.3 is 9.64 Å². The van der Waals surface area contributed by atoms with Crippen molar-refractivity contribution in [3.63, 3.8) is 0 Å². The minimum atomic E-state index is -0.164. The highest BCUT2D eigenvalue weighted by atomic mass is 16.5. The van der Waals surface area contributed by atoms with E-state index in [9.17, 15) is 0 Å². The lowest BCUT2D eigenvalue weighted by Crippen LogP contribution is -2.59. The summed E-state index contributed by atoms with van der Waals surface area (Å²) in [5.74, 6) is 0.871. The van der Waals surface area contributed by atoms with Crippen molar-refractivity contribution in [3.8, 4) is 6.07 Å². The monoisotopic (exact) mass is 352 g/mol. The van der Waals surface area contributed by atoms with E-state index in [2.05, 4.69) is 32.1 Å². The Morgan fingerprint density at radius 2 is 2.23 bits per heavy atom. The highest BCUT2D eigenvalue weighted by Crippen LogP contribution is 2.31. The van der Waals surface area contributed by atoms with Gasteiger partial charge in [-0.25, -0.2) is 4.98 Å². The van der Waals surface area contributed by atoms with Crippen molar-refractivity contribution < 1.29 is 4.74 Å². The van der Waals surface area contributed by atoms with E-state index in [0.717, 1.165) is 58.0 Å². The lowest BCUT2D eigenvalue weighted by molar-refractivity contribution is -0.116. The molecule has 2 aromatic heterocycles. The van der Waals surface area contributed by atoms with Gasteiger partial charge in [0.2, 0.25) is 0 Å². The van der Waals surface area contributed by atoms with Crippen LogP contribution in [0.2, 0.25) is 0 Å². The van der Waals surface area contributed by atoms with Gasteiger partial charge >= 0.3 is 0 Å². The number of hydrogen-bond acceptors (Lipinski definition) is 6. The molecule has 7 nitrogen and oxygen atoms in total. The third-order valence-electron chi connectivity index (χ3n) is 5.20. The average Bonchev–Trinajstić information content (AvgIpc) is 3.06. The van der Waals surface area contributed by atoms with Crippen LogP contribution in [-0.2, 0) is 18.3 Å². The van der Waals surface area contributed by atoms with E-state index >= 15 is 0 Å². The van der Waals surface area contributed by atoms with Crippen LogP contribution in [0.1, 0.15) is 24.1 Å². The van der Waals surface area contributed by atoms with E-state index < -0.39 is 0 Å². The van der Waals surface area contributed by atoms with Gasteiger partial charge in [-0.1, -0.05) is 6.07 Å². The van der Waals surface area contributed by atoms with Gasteiger partial charge in [0.05, 0.1) is 18.4 Å². The smallest absolute Gasteiger partial charge is 0.142 e. The van der Waals surface area contributed by atoms with Crippen LogP contribution in [-0.4, -0.2) is 58.1 Å². The Kier molecular flexibility index (Phi) is 4.62. The van der Waals surface area contributed by atoms with Gasteiger partial charge in [-0.05, 0) is 25.0 Å². The van der Waals surface area contributed by atoms with Crippen molar-refractivity contribution in [2.75, 3.05) is 37.7 Å². The van der Waals surface area contributed by atoms with Gasteiger partial charge in [0.15, 0.2) is 0 Å². The third-order valence-corrected chi connectivity index (χ3v) is 5.20. The highest BCUT2D eigenvalue weighted by molar-refractivity contribution is 5.42. The predicted octanol–water partition coefficient (Wildman–Crippen LogP) is 1.56. The van der Waals surface area contributed by atoms with E-state index in [0.29, 0.717) is 5.69 Å². The number of nitriles is 1. The molecule has 0 bridgehead atoms. The first-order valence-corrected chi connectivity index (χ1v) is 9.12. The number of ether oxygens (including phenoxy) is 1. The fraction of sp³-hybridized carbons (Fsp3) is 0.526. The summed E-state index contributed by atoms with van der Waals surface area (Å²) in [5, 5.41) is 13.4. The number of morpholine rings is 1. The fourth-order valence-electron chi connectivity index (χ4n) is 4.07. The second-order valence-electron chi connectivity index (χ2n) is 7.28. The largest absolute Gasteiger partial charge is 0.370 e. The van der Waals surface area contributed by atoms with E-state index in [1.165, 1.54) is 5.56 Å². The van der Waals surface area contributed by atoms with Crippen LogP contribution in [0.3, 0.4) is 0 Å². The lowest BCUT2D eigenvalue weighted by Gasteiger charge is -2.48. The SMILES string of the molecule is Cn1cc(CN2CCO[C@]3(CCCN(c4cccc(C#N)n4)C3)C2)cn1. The molecule has 26 heavy (non-hydrogen) atoms. The van der Waals surface area contributed by atoms with Gasteiger partial charge in [0.1, 0.15) is 17.6 Å². The third kappa shape index (κ3) is 3.57. The molecule has 4 rings (SSSR count). The number of aryl methyl sites for hydroxylation is 1. The Hall–Kier alpha value is -2.43. The molecule has 0 unspecified atom stereocenters. The normalized spacial score (nSPS) is 23.9. The predicted molar refractivity (Wildman–Crippen MR) is 97.6 cm³/mol. The molecule has 0 radical (unpaired) electrons. The van der Waals surface area contributed by atoms with Crippen molar-refractivity contribution in [3.05, 3.63) is 41.9 Å². The summed E-state index contributed by atoms with van der Waals surface area (Å²) in [5.41, 5.74) is 1.54. The van der Waals surface area contributed by atoms with Crippen LogP contribution in [0.4, 0.5) is 5.82 Å². The average molecular weight is 352 g/mol. The van der Waals surface area contributed by atoms with E-state index in [1.807, 2.05) is 30.1 Å². The molecule has 0 aliphatic carbocycles. The summed E-state index contributed by atoms with van der Waals surface area (Å²) in [4.78, 5) is 9.19. The number of hydrogen-bond donors (Lipinski definition) is 0. The maximum absolute atomic E-state index is 9.11. The summed E-state index contributed by atoms with van der Waals surface area (Å²) >= 11 is 0. The number of pyridine rings is 1. The van der Waals surface area contributed by atoms with Crippen LogP contribution >= 0.6 is 0 Å². The van der Waals surface area contributed by atoms with Crippen LogP contribution in [0.5, 0.6) is 0 Å². The van der Waals surface area contributed by atoms with Crippen LogP contribution in [0, 0.1) is 11.3 Å². The molecule has 136 valence electrons. The topological polar surface area (TPSA) is 70.2 Å². The van der Waals surface area contributed by atoms with Crippen molar-refractivity contribution in [1.29, 1.82) is 5.26 Å². The molecule has 2 aliphatic heterocycles. The minimum absolute atomic E-state index is 0.164. The van der Waals surface area contributed by atoms with Gasteiger partial charge in [0, 0.05) is 51.5 Å². The molecule has 1 spiro atoms. The Morgan fingerprint density at radius 1 is 1.31 bits per heavy atom. The standard InChI is InChI=1S/C19H24N6O/c1-23-12-16(11-21-23)13-24-8-9-26-19(14-24)6-3-7-25(15-19)18-5-2-4-17(10-20)22-18/h2,4-5,11-12H,3,6-9,13-15H2,1H3/t19-/m1/s1. The maximum Gasteiger partial charge on any atom is 0.142 e. The summed E-state index contributed by atoms with van der Waals surface area (Å²) in [7, 11) is 1.95. The molecule has 0 aromatic carbocycles. The zero-order valence-corrected chi connectivity index (χ0v) is 15.1. The van der Waals surface area contributed by atoms with E-state index in [1.54, 1.807) is 6.07 Å². The molecule has 2 saturated heterocycles. The zero-order chi connectivity index (χ0) is 18.0. The van der Waals surface area contributed by atoms with Crippen LogP contribution in [0.15, 0.2) is 30.6 Å². The summed E-state index contributed by atoms with van der Waals surface area (Å²) in [6.45, 7) is 5.28. The van der Waals surface area contributed by atoms with Crippen molar-refractivity contribution in [1.82, 2.24) is 19.7 Å². The molecule has 2 aromatic rings. The first-order chi connectivity index (χ1) is 12.7. The van der Waals surface area contributed by atoms with Crippen molar-refractivity contribution in [2.45, 2.75) is 25.0 Å². The zero-order valence-electron chi connectivity index (χ0n) is 15.1. The molecular weight excluding hydrogens is 328 g/mol. The summed E-state index contributed by atoms with van der Waals surface area (Å²) < 4.78 is 8.14. The van der Waals surface area contributed by atoms with Gasteiger partial charge in [-0.15, -0.1) is 0 Å². The molecule has 2 aliphatic rings. The van der Waals surface area contributed by atoms with Gasteiger partial charge in [-0.2, -0.15) is 10.4 Å². The maximum atomic E-state index is 9.11. The molecule has 0 N–H and O–H groups in total. The molecule has 1 atom stereocenters. The van der Waals surface area contributed by atoms with Gasteiger partial charge in [-0.3, -0.25) is 9.58 Å². The summed E-state index contributed by atoms with van der Waals surface area (Å²) in [6, 6.07) is 7.76. The first-order valence-electron chi connectivity index (χ1n) is 9.12. The number of piperidine rings is 1. The molecular formula is C19H24N6O. The highest BCUT2D eigenvalue weighted by Gasteiger charge is 2.40. The minimum Gasteiger partial charge on any atom is -0.370 e. The quantitative estimate of drug-likeness (QED) is 0.835. The molecule has 7 heteroatoms. The Balaban J connectivity index is 1.47. The molecule has 0 amide bonds. The molecule has 0 saturated carbocycles. The second-order valence-corrected chi connectivity index (χ2v) is 7.28. The fourth-order valence-corrected chi connectivity index (χ4v) is 4.07. The van der Waals surface area contributed by atoms with E-state index in [-0.39, 0.29) is 5.60 Å². The first kappa shape index (κ1) is 17.0. The van der Waals surface area contributed by atoms with Gasteiger partial charge in [0.25, 0.3) is 0 Å². The Morgan fingerprint density at radius 3 is 3.04 bits per heavy atom. The molecule has 4 heterocycles. The van der Waals surface area contributed by atoms with Crippen LogP contribution in [0.25, 0.3) is 0 Å². The number of rotatable bonds is 3. The number of nitrogens with zero attached hydrogens (tertiary/aromatic N) is 6. The second kappa shape index (κ2) is 7.06. The van der Waals surface area contributed by atoms with E-state index in [4.69, 9.17) is 10.00 Å². The molecule has 2 fully saturated rings. The van der Waals surface area contributed by atoms with Crippen LogP contribution < -0.4 is 4.90 Å². The van der Waals surface area contributed by atoms with Crippen molar-refractivity contribution in [2.24, 2.45) is 7.05 Å². The van der Waals surface area contributed by atoms with Crippen molar-refractivity contribution >= 4 is 5.82 Å². The summed E-state index contributed by atoms with van der Waals surface area (Å²) in [6.07, 6.45) is 6.14. The number of anilines is 1. The Bertz CT molecular complexity index is 808.